The van der Waals surface area contributed by atoms with Crippen LogP contribution >= 0.6 is 0 Å². The summed E-state index contributed by atoms with van der Waals surface area (Å²) in [6, 6.07) is 0. The molecule has 1 saturated carbocycles. The van der Waals surface area contributed by atoms with Crippen LogP contribution < -0.4 is 0 Å². The van der Waals surface area contributed by atoms with E-state index in [-0.39, 0.29) is 11.7 Å². The maximum atomic E-state index is 12.0. The van der Waals surface area contributed by atoms with Gasteiger partial charge in [0.2, 0.25) is 0 Å². The van der Waals surface area contributed by atoms with E-state index in [2.05, 4.69) is 0 Å². The minimum Gasteiger partial charge on any atom is -0.481 e. The van der Waals surface area contributed by atoms with Gasteiger partial charge in [0.25, 0.3) is 0 Å². The zero-order valence-electron chi connectivity index (χ0n) is 10.6. The quantitative estimate of drug-likeness (QED) is 0.812. The third-order valence-electron chi connectivity index (χ3n) is 3.96. The van der Waals surface area contributed by atoms with Crippen molar-refractivity contribution in [3.8, 4) is 0 Å². The number of rotatable bonds is 2. The molecule has 2 bridgehead atoms. The molecule has 5 nitrogen and oxygen atoms in total. The van der Waals surface area contributed by atoms with Crippen molar-refractivity contribution in [2.45, 2.75) is 50.9 Å². The highest BCUT2D eigenvalue weighted by Gasteiger charge is 2.51. The van der Waals surface area contributed by atoms with Gasteiger partial charge in [0.15, 0.2) is 12.1 Å². The second-order valence-corrected chi connectivity index (χ2v) is 5.11. The Morgan fingerprint density at radius 2 is 2.06 bits per heavy atom. The van der Waals surface area contributed by atoms with Gasteiger partial charge in [-0.2, -0.15) is 0 Å². The van der Waals surface area contributed by atoms with Crippen LogP contribution in [-0.4, -0.2) is 36.4 Å². The van der Waals surface area contributed by atoms with Crippen molar-refractivity contribution in [3.05, 3.63) is 0 Å². The number of ether oxygens (including phenoxy) is 2. The summed E-state index contributed by atoms with van der Waals surface area (Å²) in [6.45, 7) is 0. The average Bonchev–Trinajstić information content (AvgIpc) is 2.70. The molecule has 2 fully saturated rings. The molecule has 1 aliphatic carbocycles. The van der Waals surface area contributed by atoms with Crippen LogP contribution in [0.2, 0.25) is 0 Å². The van der Waals surface area contributed by atoms with Crippen molar-refractivity contribution in [2.24, 2.45) is 11.8 Å². The molecule has 4 atom stereocenters. The molecule has 1 saturated heterocycles. The number of Topliss-reactive ketones (excluding diaryl/α,β-unsaturated/α-hetero) is 1. The first kappa shape index (κ1) is 13.5. The van der Waals surface area contributed by atoms with Gasteiger partial charge in [0.1, 0.15) is 6.10 Å². The summed E-state index contributed by atoms with van der Waals surface area (Å²) in [6.07, 6.45) is 3.65. The van der Waals surface area contributed by atoms with E-state index in [1.54, 1.807) is 0 Å². The molecule has 2 rings (SSSR count). The monoisotopic (exact) mass is 256 g/mol. The predicted octanol–water partition coefficient (Wildman–Crippen LogP) is 1.60. The predicted molar refractivity (Wildman–Crippen MR) is 63.0 cm³/mol. The average molecular weight is 256 g/mol. The van der Waals surface area contributed by atoms with Gasteiger partial charge in [0.05, 0.1) is 5.92 Å². The van der Waals surface area contributed by atoms with E-state index in [1.807, 2.05) is 0 Å². The third kappa shape index (κ3) is 2.57. The largest absolute Gasteiger partial charge is 0.481 e. The van der Waals surface area contributed by atoms with Crippen molar-refractivity contribution in [2.75, 3.05) is 7.11 Å². The Balaban J connectivity index is 2.24. The first-order valence-electron chi connectivity index (χ1n) is 6.59. The number of methoxy groups -OCH3 is 1. The number of carbonyl (C=O) groups excluding carboxylic acids is 1. The van der Waals surface area contributed by atoms with Crippen molar-refractivity contribution in [1.82, 2.24) is 0 Å². The normalized spacial score (nSPS) is 37.5. The second kappa shape index (κ2) is 5.80. The Bertz CT molecular complexity index is 327. The van der Waals surface area contributed by atoms with Crippen molar-refractivity contribution < 1.29 is 24.2 Å². The standard InChI is InChI=1S/C13H20O5/c1-17-13-8-6-4-2-3-5-7-9(14)11(18-13)10(8)12(15)16/h8,10-11,13H,2-7H2,1H3,(H,15,16)/t8-,10-,11+,13-/m1/s1. The van der Waals surface area contributed by atoms with Crippen LogP contribution in [0.3, 0.4) is 0 Å². The highest BCUT2D eigenvalue weighted by Crippen LogP contribution is 2.38. The first-order valence-corrected chi connectivity index (χ1v) is 6.59. The number of hydrogen-bond acceptors (Lipinski definition) is 4. The molecule has 18 heavy (non-hydrogen) atoms. The third-order valence-corrected chi connectivity index (χ3v) is 3.96. The number of ketones is 1. The highest BCUT2D eigenvalue weighted by atomic mass is 16.7. The Hall–Kier alpha value is -0.940. The van der Waals surface area contributed by atoms with Crippen molar-refractivity contribution in [3.63, 3.8) is 0 Å². The lowest BCUT2D eigenvalue weighted by atomic mass is 9.82. The molecule has 0 spiro atoms. The zero-order chi connectivity index (χ0) is 13.1. The number of carbonyl (C=O) groups is 2. The van der Waals surface area contributed by atoms with Crippen molar-refractivity contribution >= 4 is 11.8 Å². The molecule has 0 aromatic carbocycles. The first-order chi connectivity index (χ1) is 8.65. The molecule has 0 unspecified atom stereocenters. The summed E-state index contributed by atoms with van der Waals surface area (Å²) in [5, 5.41) is 9.34. The second-order valence-electron chi connectivity index (χ2n) is 5.11. The minimum atomic E-state index is -0.946. The van der Waals surface area contributed by atoms with Crippen LogP contribution in [0.4, 0.5) is 0 Å². The van der Waals surface area contributed by atoms with Crippen LogP contribution in [0.1, 0.15) is 38.5 Å². The smallest absolute Gasteiger partial charge is 0.310 e. The van der Waals surface area contributed by atoms with Crippen LogP contribution in [0.5, 0.6) is 0 Å². The fraction of sp³-hybridized carbons (Fsp3) is 0.846. The molecule has 0 aromatic rings. The zero-order valence-corrected chi connectivity index (χ0v) is 10.6. The van der Waals surface area contributed by atoms with E-state index in [0.717, 1.165) is 32.1 Å². The maximum absolute atomic E-state index is 12.0. The van der Waals surface area contributed by atoms with Gasteiger partial charge in [-0.15, -0.1) is 0 Å². The van der Waals surface area contributed by atoms with Gasteiger partial charge in [-0.25, -0.2) is 0 Å². The number of fused-ring (bicyclic) bond motifs is 2. The van der Waals surface area contributed by atoms with Gasteiger partial charge in [-0.05, 0) is 12.8 Å². The number of carboxylic acid groups (broad SMARTS) is 1. The van der Waals surface area contributed by atoms with E-state index < -0.39 is 24.3 Å². The summed E-state index contributed by atoms with van der Waals surface area (Å²) < 4.78 is 10.7. The summed E-state index contributed by atoms with van der Waals surface area (Å²) in [5.74, 6) is -1.99. The van der Waals surface area contributed by atoms with Crippen LogP contribution in [0.15, 0.2) is 0 Å². The van der Waals surface area contributed by atoms with Crippen LogP contribution in [0, 0.1) is 11.8 Å². The molecule has 1 heterocycles. The molecule has 0 amide bonds. The van der Waals surface area contributed by atoms with E-state index in [1.165, 1.54) is 7.11 Å². The number of carboxylic acids is 1. The highest BCUT2D eigenvalue weighted by molar-refractivity contribution is 5.89. The van der Waals surface area contributed by atoms with Gasteiger partial charge in [0, 0.05) is 19.4 Å². The van der Waals surface area contributed by atoms with Gasteiger partial charge in [-0.1, -0.05) is 19.3 Å². The molecule has 5 heteroatoms. The fourth-order valence-corrected chi connectivity index (χ4v) is 3.03. The maximum Gasteiger partial charge on any atom is 0.310 e. The molecule has 1 N–H and O–H groups in total. The lowest BCUT2D eigenvalue weighted by Crippen LogP contribution is -2.35. The van der Waals surface area contributed by atoms with E-state index in [9.17, 15) is 14.7 Å². The molecular formula is C13H20O5. The van der Waals surface area contributed by atoms with E-state index >= 15 is 0 Å². The van der Waals surface area contributed by atoms with Crippen LogP contribution in [-0.2, 0) is 19.1 Å². The fourth-order valence-electron chi connectivity index (χ4n) is 3.03. The Morgan fingerprint density at radius 3 is 2.72 bits per heavy atom. The topological polar surface area (TPSA) is 72.8 Å². The molecule has 0 aromatic heterocycles. The van der Waals surface area contributed by atoms with Gasteiger partial charge >= 0.3 is 5.97 Å². The molecule has 2 aliphatic rings. The van der Waals surface area contributed by atoms with Gasteiger partial charge < -0.3 is 14.6 Å². The lowest BCUT2D eigenvalue weighted by molar-refractivity contribution is -0.155. The van der Waals surface area contributed by atoms with E-state index in [0.29, 0.717) is 6.42 Å². The Morgan fingerprint density at radius 1 is 1.33 bits per heavy atom. The lowest BCUT2D eigenvalue weighted by Gasteiger charge is -2.20. The minimum absolute atomic E-state index is 0.0890. The molecule has 0 radical (unpaired) electrons. The molecule has 102 valence electrons. The number of hydrogen-bond donors (Lipinski definition) is 1. The Labute approximate surface area is 106 Å². The van der Waals surface area contributed by atoms with E-state index in [4.69, 9.17) is 9.47 Å². The van der Waals surface area contributed by atoms with Gasteiger partial charge in [-0.3, -0.25) is 9.59 Å². The Kier molecular flexibility index (Phi) is 4.35. The summed E-state index contributed by atoms with van der Waals surface area (Å²) in [4.78, 5) is 23.4. The summed E-state index contributed by atoms with van der Waals surface area (Å²) in [5.41, 5.74) is 0. The summed E-state index contributed by atoms with van der Waals surface area (Å²) in [7, 11) is 1.50. The SMILES string of the molecule is CO[C@@H]1O[C@H]2C(=O)CCCCCC[C@@H]1[C@H]2C(=O)O. The van der Waals surface area contributed by atoms with Crippen molar-refractivity contribution in [1.29, 1.82) is 0 Å². The molecular weight excluding hydrogens is 236 g/mol. The molecule has 1 aliphatic heterocycles. The summed E-state index contributed by atoms with van der Waals surface area (Å²) >= 11 is 0. The number of aliphatic carboxylic acids is 1. The van der Waals surface area contributed by atoms with Crippen LogP contribution in [0.25, 0.3) is 0 Å².